The first kappa shape index (κ1) is 13.0. The maximum atomic E-state index is 11.8. The third-order valence-electron chi connectivity index (χ3n) is 2.30. The Morgan fingerprint density at radius 2 is 2.18 bits per heavy atom. The number of aromatic hydroxyl groups is 2. The summed E-state index contributed by atoms with van der Waals surface area (Å²) in [5.41, 5.74) is 0.173. The molecule has 0 aliphatic rings. The van der Waals surface area contributed by atoms with Crippen LogP contribution in [0, 0.1) is 11.3 Å². The van der Waals surface area contributed by atoms with Crippen molar-refractivity contribution >= 4 is 5.78 Å². The largest absolute Gasteiger partial charge is 0.508 e. The van der Waals surface area contributed by atoms with Crippen molar-refractivity contribution in [1.29, 1.82) is 5.26 Å². The number of benzene rings is 1. The first-order valence-electron chi connectivity index (χ1n) is 5.15. The summed E-state index contributed by atoms with van der Waals surface area (Å²) in [4.78, 5) is 13.5. The van der Waals surface area contributed by atoms with Crippen molar-refractivity contribution in [2.45, 2.75) is 6.42 Å². The van der Waals surface area contributed by atoms with Crippen LogP contribution in [0.15, 0.2) is 18.2 Å². The highest BCUT2D eigenvalue weighted by Gasteiger charge is 2.13. The van der Waals surface area contributed by atoms with Gasteiger partial charge < -0.3 is 10.2 Å². The van der Waals surface area contributed by atoms with Gasteiger partial charge in [-0.15, -0.1) is 0 Å². The number of Topliss-reactive ketones (excluding diaryl/α,β-unsaturated/α-hetero) is 1. The molecule has 0 aliphatic carbocycles. The van der Waals surface area contributed by atoms with Gasteiger partial charge in [-0.1, -0.05) is 0 Å². The minimum atomic E-state index is -0.247. The molecule has 17 heavy (non-hydrogen) atoms. The molecule has 2 N–H and O–H groups in total. The molecule has 0 unspecified atom stereocenters. The second kappa shape index (κ2) is 5.87. The maximum Gasteiger partial charge on any atom is 0.180 e. The van der Waals surface area contributed by atoms with Gasteiger partial charge >= 0.3 is 0 Å². The number of nitriles is 1. The molecule has 0 atom stereocenters. The van der Waals surface area contributed by atoms with Crippen LogP contribution in [0.1, 0.15) is 16.8 Å². The van der Waals surface area contributed by atoms with Gasteiger partial charge in [0.1, 0.15) is 11.5 Å². The zero-order valence-corrected chi connectivity index (χ0v) is 9.55. The number of hydrogen-bond acceptors (Lipinski definition) is 5. The molecule has 0 saturated carbocycles. The van der Waals surface area contributed by atoms with Gasteiger partial charge in [0.25, 0.3) is 0 Å². The van der Waals surface area contributed by atoms with E-state index >= 15 is 0 Å². The van der Waals surface area contributed by atoms with Gasteiger partial charge in [0.15, 0.2) is 5.78 Å². The predicted molar refractivity (Wildman–Crippen MR) is 61.8 cm³/mol. The number of phenolic OH excluding ortho intramolecular Hbond substituents is 2. The number of rotatable bonds is 5. The monoisotopic (exact) mass is 234 g/mol. The van der Waals surface area contributed by atoms with Crippen molar-refractivity contribution in [1.82, 2.24) is 4.90 Å². The molecule has 0 aromatic heterocycles. The van der Waals surface area contributed by atoms with Gasteiger partial charge in [-0.05, 0) is 19.2 Å². The Morgan fingerprint density at radius 1 is 1.47 bits per heavy atom. The van der Waals surface area contributed by atoms with E-state index in [1.54, 1.807) is 11.9 Å². The lowest BCUT2D eigenvalue weighted by Crippen LogP contribution is -2.26. The van der Waals surface area contributed by atoms with Crippen molar-refractivity contribution < 1.29 is 15.0 Å². The molecule has 90 valence electrons. The molecule has 0 heterocycles. The van der Waals surface area contributed by atoms with E-state index in [0.717, 1.165) is 6.07 Å². The van der Waals surface area contributed by atoms with Crippen LogP contribution in [-0.2, 0) is 0 Å². The molecule has 1 aromatic carbocycles. The molecule has 5 heteroatoms. The fraction of sp³-hybridized carbons (Fsp3) is 0.333. The van der Waals surface area contributed by atoms with Gasteiger partial charge in [-0.3, -0.25) is 9.69 Å². The second-order valence-electron chi connectivity index (χ2n) is 3.77. The topological polar surface area (TPSA) is 84.6 Å². The molecule has 1 rings (SSSR count). The summed E-state index contributed by atoms with van der Waals surface area (Å²) in [7, 11) is 1.73. The fourth-order valence-electron chi connectivity index (χ4n) is 1.41. The summed E-state index contributed by atoms with van der Waals surface area (Å²) in [5.74, 6) is -0.566. The molecule has 0 radical (unpaired) electrons. The minimum absolute atomic E-state index is 0.0862. The summed E-state index contributed by atoms with van der Waals surface area (Å²) < 4.78 is 0. The summed E-state index contributed by atoms with van der Waals surface area (Å²) in [6.07, 6.45) is 0.353. The fourth-order valence-corrected chi connectivity index (χ4v) is 1.41. The number of phenols is 2. The van der Waals surface area contributed by atoms with Crippen LogP contribution in [0.4, 0.5) is 0 Å². The second-order valence-corrected chi connectivity index (χ2v) is 3.77. The van der Waals surface area contributed by atoms with Crippen LogP contribution >= 0.6 is 0 Å². The maximum absolute atomic E-state index is 11.8. The number of nitrogens with zero attached hydrogens (tertiary/aromatic N) is 2. The van der Waals surface area contributed by atoms with Crippen LogP contribution in [0.3, 0.4) is 0 Å². The van der Waals surface area contributed by atoms with Crippen molar-refractivity contribution in [3.05, 3.63) is 23.8 Å². The Kier molecular flexibility index (Phi) is 4.49. The number of carbonyl (C=O) groups excluding carboxylic acids is 1. The highest BCUT2D eigenvalue weighted by Crippen LogP contribution is 2.22. The quantitative estimate of drug-likeness (QED) is 0.746. The number of ketones is 1. The Hall–Kier alpha value is -2.06. The van der Waals surface area contributed by atoms with Crippen LogP contribution < -0.4 is 0 Å². The van der Waals surface area contributed by atoms with Crippen molar-refractivity contribution in [2.24, 2.45) is 0 Å². The minimum Gasteiger partial charge on any atom is -0.508 e. The average Bonchev–Trinajstić information content (AvgIpc) is 2.26. The zero-order chi connectivity index (χ0) is 12.8. The summed E-state index contributed by atoms with van der Waals surface area (Å²) in [5, 5.41) is 27.0. The average molecular weight is 234 g/mol. The van der Waals surface area contributed by atoms with Gasteiger partial charge in [0, 0.05) is 19.0 Å². The Balaban J connectivity index is 2.67. The number of hydrogen-bond donors (Lipinski definition) is 2. The Bertz CT molecular complexity index is 452. The molecule has 0 saturated heterocycles. The lowest BCUT2D eigenvalue weighted by Gasteiger charge is -2.14. The van der Waals surface area contributed by atoms with Crippen LogP contribution in [0.5, 0.6) is 11.5 Å². The first-order valence-corrected chi connectivity index (χ1v) is 5.15. The molecule has 0 spiro atoms. The van der Waals surface area contributed by atoms with E-state index in [4.69, 9.17) is 10.4 Å². The van der Waals surface area contributed by atoms with E-state index in [1.165, 1.54) is 12.1 Å². The molecule has 0 fully saturated rings. The van der Waals surface area contributed by atoms with E-state index in [1.807, 2.05) is 6.07 Å². The Labute approximate surface area is 99.5 Å². The molecule has 5 nitrogen and oxygen atoms in total. The van der Waals surface area contributed by atoms with E-state index < -0.39 is 0 Å². The number of carbonyl (C=O) groups is 1. The van der Waals surface area contributed by atoms with Gasteiger partial charge in [0.05, 0.1) is 18.2 Å². The molecule has 0 amide bonds. The third-order valence-corrected chi connectivity index (χ3v) is 2.30. The Morgan fingerprint density at radius 3 is 2.76 bits per heavy atom. The molecule has 0 aliphatic heterocycles. The van der Waals surface area contributed by atoms with E-state index in [0.29, 0.717) is 13.0 Å². The van der Waals surface area contributed by atoms with E-state index in [2.05, 4.69) is 0 Å². The summed E-state index contributed by atoms with van der Waals surface area (Å²) in [6.45, 7) is 0.626. The van der Waals surface area contributed by atoms with E-state index in [9.17, 15) is 9.90 Å². The molecule has 0 bridgehead atoms. The smallest absolute Gasteiger partial charge is 0.180 e. The van der Waals surface area contributed by atoms with Crippen molar-refractivity contribution in [3.8, 4) is 17.6 Å². The van der Waals surface area contributed by atoms with Crippen LogP contribution in [-0.4, -0.2) is 41.0 Å². The van der Waals surface area contributed by atoms with Gasteiger partial charge in [-0.2, -0.15) is 5.26 Å². The van der Waals surface area contributed by atoms with Crippen LogP contribution in [0.25, 0.3) is 0 Å². The standard InChI is InChI=1S/C12H14N2O3/c1-14(6-2-5-13)8-12(17)10-4-3-9(15)7-11(10)16/h3-4,7,15-16H,2,6,8H2,1H3. The first-order chi connectivity index (χ1) is 8.04. The molecular formula is C12H14N2O3. The lowest BCUT2D eigenvalue weighted by molar-refractivity contribution is 0.0944. The lowest BCUT2D eigenvalue weighted by atomic mass is 10.1. The van der Waals surface area contributed by atoms with Crippen molar-refractivity contribution in [3.63, 3.8) is 0 Å². The predicted octanol–water partition coefficient (Wildman–Crippen LogP) is 1.13. The summed E-state index contributed by atoms with van der Waals surface area (Å²) in [6, 6.07) is 5.85. The molecule has 1 aromatic rings. The highest BCUT2D eigenvalue weighted by atomic mass is 16.3. The number of likely N-dealkylation sites (N-methyl/N-ethyl adjacent to an activating group) is 1. The highest BCUT2D eigenvalue weighted by molar-refractivity contribution is 6.00. The summed E-state index contributed by atoms with van der Waals surface area (Å²) >= 11 is 0. The normalized spacial score (nSPS) is 10.2. The van der Waals surface area contributed by atoms with Gasteiger partial charge in [0.2, 0.25) is 0 Å². The van der Waals surface area contributed by atoms with E-state index in [-0.39, 0.29) is 29.4 Å². The van der Waals surface area contributed by atoms with Crippen molar-refractivity contribution in [2.75, 3.05) is 20.1 Å². The SMILES string of the molecule is CN(CCC#N)CC(=O)c1ccc(O)cc1O. The van der Waals surface area contributed by atoms with Gasteiger partial charge in [-0.25, -0.2) is 0 Å². The molecular weight excluding hydrogens is 220 g/mol. The van der Waals surface area contributed by atoms with Crippen LogP contribution in [0.2, 0.25) is 0 Å². The zero-order valence-electron chi connectivity index (χ0n) is 9.55. The third kappa shape index (κ3) is 3.78.